The topological polar surface area (TPSA) is 90.3 Å². The van der Waals surface area contributed by atoms with Gasteiger partial charge in [0.15, 0.2) is 0 Å². The SMILES string of the molecule is C=CCC(C(=O)[O-])(C(=O)O)[N+](C)(C)C.c1ccncc1. The zero-order valence-corrected chi connectivity index (χ0v) is 11.9. The first-order valence-corrected chi connectivity index (χ1v) is 5.92. The van der Waals surface area contributed by atoms with Crippen LogP contribution in [0.3, 0.4) is 0 Å². The Morgan fingerprint density at radius 3 is 1.90 bits per heavy atom. The van der Waals surface area contributed by atoms with E-state index in [0.717, 1.165) is 0 Å². The number of hydrogen-bond acceptors (Lipinski definition) is 4. The summed E-state index contributed by atoms with van der Waals surface area (Å²) in [7, 11) is 4.48. The summed E-state index contributed by atoms with van der Waals surface area (Å²) in [4.78, 5) is 25.7. The summed E-state index contributed by atoms with van der Waals surface area (Å²) in [6.07, 6.45) is 4.60. The molecule has 0 bridgehead atoms. The highest BCUT2D eigenvalue weighted by atomic mass is 16.4. The Hall–Kier alpha value is -2.21. The van der Waals surface area contributed by atoms with Crippen LogP contribution in [-0.2, 0) is 9.59 Å². The van der Waals surface area contributed by atoms with E-state index in [4.69, 9.17) is 5.11 Å². The molecule has 110 valence electrons. The number of quaternary nitrogens is 1. The molecule has 1 aromatic heterocycles. The van der Waals surface area contributed by atoms with Crippen molar-refractivity contribution >= 4 is 11.9 Å². The maximum atomic E-state index is 11.0. The van der Waals surface area contributed by atoms with E-state index in [9.17, 15) is 14.7 Å². The molecule has 0 aliphatic heterocycles. The molecule has 1 atom stereocenters. The van der Waals surface area contributed by atoms with Crippen molar-refractivity contribution in [1.29, 1.82) is 0 Å². The highest BCUT2D eigenvalue weighted by Gasteiger charge is 2.51. The van der Waals surface area contributed by atoms with Crippen LogP contribution in [0.1, 0.15) is 6.42 Å². The lowest BCUT2D eigenvalue weighted by atomic mass is 9.91. The van der Waals surface area contributed by atoms with Crippen molar-refractivity contribution in [2.75, 3.05) is 21.1 Å². The van der Waals surface area contributed by atoms with E-state index < -0.39 is 17.5 Å². The fourth-order valence-electron chi connectivity index (χ4n) is 1.61. The van der Waals surface area contributed by atoms with E-state index in [1.54, 1.807) is 12.4 Å². The summed E-state index contributed by atoms with van der Waals surface area (Å²) in [5.74, 6) is -3.01. The number of carbonyl (C=O) groups is 2. The van der Waals surface area contributed by atoms with Crippen molar-refractivity contribution in [3.05, 3.63) is 43.2 Å². The molecule has 20 heavy (non-hydrogen) atoms. The first kappa shape index (κ1) is 17.8. The van der Waals surface area contributed by atoms with Crippen molar-refractivity contribution in [3.63, 3.8) is 0 Å². The van der Waals surface area contributed by atoms with E-state index in [0.29, 0.717) is 0 Å². The molecule has 0 fully saturated rings. The average Bonchev–Trinajstić information content (AvgIpc) is 2.36. The van der Waals surface area contributed by atoms with Crippen molar-refractivity contribution in [3.8, 4) is 0 Å². The molecule has 1 N–H and O–H groups in total. The second-order valence-electron chi connectivity index (χ2n) is 4.98. The number of carbonyl (C=O) groups excluding carboxylic acids is 1. The molecule has 1 rings (SSSR count). The van der Waals surface area contributed by atoms with Crippen LogP contribution < -0.4 is 5.11 Å². The predicted octanol–water partition coefficient (Wildman–Crippen LogP) is -0.0764. The van der Waals surface area contributed by atoms with Gasteiger partial charge in [-0.1, -0.05) is 12.1 Å². The summed E-state index contributed by atoms with van der Waals surface area (Å²) < 4.78 is -0.253. The fourth-order valence-corrected chi connectivity index (χ4v) is 1.61. The number of carboxylic acids is 2. The van der Waals surface area contributed by atoms with Gasteiger partial charge < -0.3 is 19.5 Å². The standard InChI is InChI=1S/C9H15NO4.C5H5N/c1-5-6-9(7(11)12,8(13)14)10(2,3)4;1-2-4-6-5-3-1/h5H,1,6H2,2-4H3,(H-,11,12,13,14);1-5H. The van der Waals surface area contributed by atoms with Gasteiger partial charge >= 0.3 is 5.97 Å². The summed E-state index contributed by atoms with van der Waals surface area (Å²) >= 11 is 0. The van der Waals surface area contributed by atoms with Crippen molar-refractivity contribution < 1.29 is 24.3 Å². The van der Waals surface area contributed by atoms with Crippen molar-refractivity contribution in [2.24, 2.45) is 0 Å². The summed E-state index contributed by atoms with van der Waals surface area (Å²) in [6, 6.07) is 5.72. The zero-order chi connectivity index (χ0) is 15.8. The molecular formula is C14H20N2O4. The fraction of sp³-hybridized carbons (Fsp3) is 0.357. The number of aromatic nitrogens is 1. The minimum Gasteiger partial charge on any atom is -0.543 e. The second-order valence-corrected chi connectivity index (χ2v) is 4.98. The van der Waals surface area contributed by atoms with Crippen LogP contribution >= 0.6 is 0 Å². The largest absolute Gasteiger partial charge is 0.543 e. The molecule has 1 aromatic rings. The van der Waals surface area contributed by atoms with Gasteiger partial charge in [0.1, 0.15) is 5.97 Å². The third-order valence-corrected chi connectivity index (χ3v) is 2.84. The van der Waals surface area contributed by atoms with Gasteiger partial charge in [-0.15, -0.1) is 6.58 Å². The maximum Gasteiger partial charge on any atom is 0.372 e. The molecule has 0 aliphatic rings. The Balaban J connectivity index is 0.000000493. The Kier molecular flexibility index (Phi) is 6.58. The van der Waals surface area contributed by atoms with E-state index in [1.165, 1.54) is 27.2 Å². The van der Waals surface area contributed by atoms with Crippen LogP contribution in [0.2, 0.25) is 0 Å². The summed E-state index contributed by atoms with van der Waals surface area (Å²) in [5, 5.41) is 19.9. The number of aliphatic carboxylic acids is 2. The predicted molar refractivity (Wildman–Crippen MR) is 72.5 cm³/mol. The van der Waals surface area contributed by atoms with Gasteiger partial charge in [-0.05, 0) is 12.1 Å². The van der Waals surface area contributed by atoms with Gasteiger partial charge in [0.2, 0.25) is 5.54 Å². The smallest absolute Gasteiger partial charge is 0.372 e. The molecule has 1 heterocycles. The van der Waals surface area contributed by atoms with Gasteiger partial charge in [-0.2, -0.15) is 0 Å². The van der Waals surface area contributed by atoms with E-state index in [-0.39, 0.29) is 10.9 Å². The molecule has 0 aromatic carbocycles. The quantitative estimate of drug-likeness (QED) is 0.463. The molecule has 0 radical (unpaired) electrons. The van der Waals surface area contributed by atoms with E-state index in [2.05, 4.69) is 11.6 Å². The van der Waals surface area contributed by atoms with Crippen LogP contribution in [-0.4, -0.2) is 53.2 Å². The lowest BCUT2D eigenvalue weighted by Crippen LogP contribution is -2.70. The molecule has 0 amide bonds. The molecule has 6 nitrogen and oxygen atoms in total. The first-order valence-electron chi connectivity index (χ1n) is 5.92. The van der Waals surface area contributed by atoms with Gasteiger partial charge in [-0.3, -0.25) is 4.98 Å². The Morgan fingerprint density at radius 1 is 1.30 bits per heavy atom. The number of likely N-dealkylation sites (N-methyl/N-ethyl adjacent to an activating group) is 1. The van der Waals surface area contributed by atoms with Gasteiger partial charge in [0, 0.05) is 18.8 Å². The number of nitrogens with zero attached hydrogens (tertiary/aromatic N) is 2. The molecule has 0 spiro atoms. The monoisotopic (exact) mass is 280 g/mol. The molecule has 0 aliphatic carbocycles. The molecule has 0 saturated heterocycles. The molecule has 6 heteroatoms. The van der Waals surface area contributed by atoms with Crippen molar-refractivity contribution in [2.45, 2.75) is 12.0 Å². The molecule has 1 unspecified atom stereocenters. The van der Waals surface area contributed by atoms with Crippen LogP contribution in [0.5, 0.6) is 0 Å². The third kappa shape index (κ3) is 4.17. The second kappa shape index (κ2) is 7.40. The van der Waals surface area contributed by atoms with E-state index >= 15 is 0 Å². The zero-order valence-electron chi connectivity index (χ0n) is 11.9. The number of carboxylic acid groups (broad SMARTS) is 2. The summed E-state index contributed by atoms with van der Waals surface area (Å²) in [6.45, 7) is 3.36. The average molecular weight is 280 g/mol. The summed E-state index contributed by atoms with van der Waals surface area (Å²) in [5.41, 5.74) is -1.97. The van der Waals surface area contributed by atoms with Crippen LogP contribution in [0.25, 0.3) is 0 Å². The highest BCUT2D eigenvalue weighted by Crippen LogP contribution is 2.23. The number of hydrogen-bond donors (Lipinski definition) is 1. The lowest BCUT2D eigenvalue weighted by molar-refractivity contribution is -0.906. The Morgan fingerprint density at radius 2 is 1.80 bits per heavy atom. The Labute approximate surface area is 118 Å². The van der Waals surface area contributed by atoms with Crippen LogP contribution in [0.15, 0.2) is 43.2 Å². The first-order chi connectivity index (χ1) is 9.20. The normalized spacial score (nSPS) is 13.3. The minimum atomic E-state index is -1.97. The van der Waals surface area contributed by atoms with E-state index in [1.807, 2.05) is 18.2 Å². The van der Waals surface area contributed by atoms with Gasteiger partial charge in [0.05, 0.1) is 21.1 Å². The van der Waals surface area contributed by atoms with Crippen molar-refractivity contribution in [1.82, 2.24) is 4.98 Å². The minimum absolute atomic E-state index is 0.172. The van der Waals surface area contributed by atoms with Gasteiger partial charge in [-0.25, -0.2) is 4.79 Å². The lowest BCUT2D eigenvalue weighted by Gasteiger charge is -2.42. The third-order valence-electron chi connectivity index (χ3n) is 2.84. The molecular weight excluding hydrogens is 260 g/mol. The van der Waals surface area contributed by atoms with Crippen LogP contribution in [0.4, 0.5) is 0 Å². The number of rotatable bonds is 5. The molecule has 0 saturated carbocycles. The Bertz CT molecular complexity index is 411. The van der Waals surface area contributed by atoms with Gasteiger partial charge in [0.25, 0.3) is 0 Å². The highest BCUT2D eigenvalue weighted by molar-refractivity contribution is 6.00. The number of pyridine rings is 1. The van der Waals surface area contributed by atoms with Crippen LogP contribution in [0, 0.1) is 0 Å². The maximum absolute atomic E-state index is 11.0.